The van der Waals surface area contributed by atoms with Gasteiger partial charge in [0.1, 0.15) is 5.75 Å². The van der Waals surface area contributed by atoms with Crippen molar-refractivity contribution < 1.29 is 19.1 Å². The Kier molecular flexibility index (Phi) is 6.48. The predicted molar refractivity (Wildman–Crippen MR) is 97.8 cm³/mol. The lowest BCUT2D eigenvalue weighted by atomic mass is 10.1. The third kappa shape index (κ3) is 5.78. The minimum atomic E-state index is -0.830. The largest absolute Gasteiger partial charge is 0.423 e. The first-order valence-electron chi connectivity index (χ1n) is 7.09. The molecule has 0 atom stereocenters. The monoisotopic (exact) mass is 398 g/mol. The van der Waals surface area contributed by atoms with Gasteiger partial charge in [-0.25, -0.2) is 9.59 Å². The summed E-state index contributed by atoms with van der Waals surface area (Å²) in [7, 11) is 0. The van der Waals surface area contributed by atoms with Crippen molar-refractivity contribution in [3.8, 4) is 11.5 Å². The van der Waals surface area contributed by atoms with Crippen LogP contribution >= 0.6 is 34.8 Å². The number of carbonyl (C=O) groups excluding carboxylic acids is 2. The van der Waals surface area contributed by atoms with E-state index >= 15 is 0 Å². The van der Waals surface area contributed by atoms with Crippen LogP contribution in [0.15, 0.2) is 42.5 Å². The molecule has 0 aliphatic rings. The van der Waals surface area contributed by atoms with E-state index in [1.54, 1.807) is 12.1 Å². The van der Waals surface area contributed by atoms with Gasteiger partial charge in [0.25, 0.3) is 0 Å². The molecule has 0 radical (unpaired) electrons. The highest BCUT2D eigenvalue weighted by molar-refractivity contribution is 6.40. The van der Waals surface area contributed by atoms with Crippen LogP contribution in [0.2, 0.25) is 15.1 Å². The molecule has 0 spiro atoms. The second kappa shape index (κ2) is 8.39. The molecule has 4 nitrogen and oxygen atoms in total. The predicted octanol–water partition coefficient (Wildman–Crippen LogP) is 5.33. The van der Waals surface area contributed by atoms with Gasteiger partial charge >= 0.3 is 11.9 Å². The van der Waals surface area contributed by atoms with Gasteiger partial charge in [0.15, 0.2) is 5.75 Å². The van der Waals surface area contributed by atoms with Gasteiger partial charge in [0, 0.05) is 17.2 Å². The summed E-state index contributed by atoms with van der Waals surface area (Å²) in [5.41, 5.74) is 1.91. The van der Waals surface area contributed by atoms with Gasteiger partial charge in [-0.05, 0) is 49.2 Å². The minimum absolute atomic E-state index is 0.0370. The van der Waals surface area contributed by atoms with Crippen LogP contribution in [0.1, 0.15) is 11.1 Å². The number of hydrogen-bond acceptors (Lipinski definition) is 4. The molecule has 0 aliphatic carbocycles. The van der Waals surface area contributed by atoms with Gasteiger partial charge in [0.05, 0.1) is 10.0 Å². The third-order valence-electron chi connectivity index (χ3n) is 2.93. The van der Waals surface area contributed by atoms with E-state index in [-0.39, 0.29) is 15.8 Å². The van der Waals surface area contributed by atoms with Crippen molar-refractivity contribution in [3.05, 3.63) is 68.7 Å². The van der Waals surface area contributed by atoms with Crippen molar-refractivity contribution in [1.82, 2.24) is 0 Å². The fraction of sp³-hybridized carbons (Fsp3) is 0.111. The molecule has 25 heavy (non-hydrogen) atoms. The molecule has 0 aromatic heterocycles. The van der Waals surface area contributed by atoms with Gasteiger partial charge in [-0.15, -0.1) is 0 Å². The number of esters is 2. The Bertz CT molecular complexity index is 816. The fourth-order valence-corrected chi connectivity index (χ4v) is 2.93. The van der Waals surface area contributed by atoms with Crippen LogP contribution in [0, 0.1) is 13.8 Å². The Balaban J connectivity index is 2.01. The maximum Gasteiger partial charge on any atom is 0.336 e. The standard InChI is InChI=1S/C18H13Cl3O4/c1-10-5-11(2)7-13(6-10)24-16(22)3-4-17(23)25-18-14(20)8-12(19)9-15(18)21/h3-9H,1-2H3/b4-3+. The molecular formula is C18H13Cl3O4. The molecule has 0 saturated heterocycles. The Labute approximate surface area is 159 Å². The topological polar surface area (TPSA) is 52.6 Å². The SMILES string of the molecule is Cc1cc(C)cc(OC(=O)/C=C/C(=O)Oc2c(Cl)cc(Cl)cc2Cl)c1. The summed E-state index contributed by atoms with van der Waals surface area (Å²) >= 11 is 17.6. The third-order valence-corrected chi connectivity index (χ3v) is 3.71. The van der Waals surface area contributed by atoms with Crippen molar-refractivity contribution in [3.63, 3.8) is 0 Å². The lowest BCUT2D eigenvalue weighted by Gasteiger charge is -2.07. The molecule has 2 rings (SSSR count). The first-order valence-corrected chi connectivity index (χ1v) is 8.22. The van der Waals surface area contributed by atoms with Crippen LogP contribution in [0.5, 0.6) is 11.5 Å². The van der Waals surface area contributed by atoms with E-state index in [4.69, 9.17) is 44.3 Å². The molecule has 0 bridgehead atoms. The van der Waals surface area contributed by atoms with Crippen molar-refractivity contribution in [2.45, 2.75) is 13.8 Å². The lowest BCUT2D eigenvalue weighted by Crippen LogP contribution is -2.09. The summed E-state index contributed by atoms with van der Waals surface area (Å²) in [5, 5.41) is 0.469. The van der Waals surface area contributed by atoms with Crippen LogP contribution in [-0.4, -0.2) is 11.9 Å². The summed E-state index contributed by atoms with van der Waals surface area (Å²) in [6.07, 6.45) is 1.88. The molecule has 2 aromatic carbocycles. The van der Waals surface area contributed by atoms with E-state index in [0.717, 1.165) is 23.3 Å². The molecule has 130 valence electrons. The maximum atomic E-state index is 11.8. The molecule has 0 saturated carbocycles. The van der Waals surface area contributed by atoms with Crippen LogP contribution in [0.25, 0.3) is 0 Å². The quantitative estimate of drug-likeness (QED) is 0.396. The molecular weight excluding hydrogens is 387 g/mol. The highest BCUT2D eigenvalue weighted by atomic mass is 35.5. The highest BCUT2D eigenvalue weighted by Crippen LogP contribution is 2.35. The van der Waals surface area contributed by atoms with Gasteiger partial charge < -0.3 is 9.47 Å². The van der Waals surface area contributed by atoms with Crippen molar-refractivity contribution >= 4 is 46.7 Å². The highest BCUT2D eigenvalue weighted by Gasteiger charge is 2.12. The first-order chi connectivity index (χ1) is 11.7. The Morgan fingerprint density at radius 1 is 0.800 bits per heavy atom. The number of rotatable bonds is 4. The Hall–Kier alpha value is -2.01. The fourth-order valence-electron chi connectivity index (χ4n) is 2.04. The average molecular weight is 400 g/mol. The van der Waals surface area contributed by atoms with E-state index in [9.17, 15) is 9.59 Å². The van der Waals surface area contributed by atoms with Crippen molar-refractivity contribution in [2.75, 3.05) is 0 Å². The zero-order valence-corrected chi connectivity index (χ0v) is 15.6. The Morgan fingerprint density at radius 2 is 1.28 bits per heavy atom. The maximum absolute atomic E-state index is 11.8. The summed E-state index contributed by atoms with van der Waals surface area (Å²) < 4.78 is 10.2. The molecule has 0 heterocycles. The van der Waals surface area contributed by atoms with Crippen LogP contribution in [0.4, 0.5) is 0 Å². The number of aryl methyl sites for hydroxylation is 2. The van der Waals surface area contributed by atoms with Gasteiger partial charge in [-0.1, -0.05) is 40.9 Å². The van der Waals surface area contributed by atoms with Gasteiger partial charge in [-0.2, -0.15) is 0 Å². The average Bonchev–Trinajstić information content (AvgIpc) is 2.47. The van der Waals surface area contributed by atoms with E-state index in [2.05, 4.69) is 0 Å². The Morgan fingerprint density at radius 3 is 1.80 bits per heavy atom. The van der Waals surface area contributed by atoms with Crippen LogP contribution in [0.3, 0.4) is 0 Å². The molecule has 0 aliphatic heterocycles. The smallest absolute Gasteiger partial charge is 0.336 e. The number of hydrogen-bond donors (Lipinski definition) is 0. The molecule has 0 N–H and O–H groups in total. The zero-order chi connectivity index (χ0) is 18.6. The van der Waals surface area contributed by atoms with E-state index < -0.39 is 11.9 Å². The van der Waals surface area contributed by atoms with Crippen LogP contribution in [-0.2, 0) is 9.59 Å². The summed E-state index contributed by atoms with van der Waals surface area (Å²) in [6.45, 7) is 3.77. The first kappa shape index (κ1) is 19.3. The number of carbonyl (C=O) groups is 2. The summed E-state index contributed by atoms with van der Waals surface area (Å²) in [4.78, 5) is 23.6. The molecule has 0 amide bonds. The molecule has 7 heteroatoms. The molecule has 2 aromatic rings. The lowest BCUT2D eigenvalue weighted by molar-refractivity contribution is -0.131. The summed E-state index contributed by atoms with van der Waals surface area (Å²) in [6, 6.07) is 8.14. The second-order valence-corrected chi connectivity index (χ2v) is 6.45. The van der Waals surface area contributed by atoms with E-state index in [1.807, 2.05) is 19.9 Å². The van der Waals surface area contributed by atoms with Gasteiger partial charge in [0.2, 0.25) is 0 Å². The number of ether oxygens (including phenoxy) is 2. The van der Waals surface area contributed by atoms with E-state index in [1.165, 1.54) is 12.1 Å². The normalized spacial score (nSPS) is 10.8. The minimum Gasteiger partial charge on any atom is -0.423 e. The van der Waals surface area contributed by atoms with E-state index in [0.29, 0.717) is 10.8 Å². The van der Waals surface area contributed by atoms with Crippen molar-refractivity contribution in [1.29, 1.82) is 0 Å². The number of benzene rings is 2. The zero-order valence-electron chi connectivity index (χ0n) is 13.3. The van der Waals surface area contributed by atoms with Crippen molar-refractivity contribution in [2.24, 2.45) is 0 Å². The molecule has 0 unspecified atom stereocenters. The molecule has 0 fully saturated rings. The van der Waals surface area contributed by atoms with Crippen LogP contribution < -0.4 is 9.47 Å². The number of halogens is 3. The summed E-state index contributed by atoms with van der Waals surface area (Å²) in [5.74, 6) is -1.19. The second-order valence-electron chi connectivity index (χ2n) is 5.20. The van der Waals surface area contributed by atoms with Gasteiger partial charge in [-0.3, -0.25) is 0 Å².